The largest absolute Gasteiger partial charge is 0.377 e. The van der Waals surface area contributed by atoms with Gasteiger partial charge in [-0.2, -0.15) is 0 Å². The van der Waals surface area contributed by atoms with E-state index in [9.17, 15) is 4.39 Å². The topological polar surface area (TPSA) is 18.5 Å². The fourth-order valence-electron chi connectivity index (χ4n) is 0.274. The average molecular weight is 121 g/mol. The van der Waals surface area contributed by atoms with Gasteiger partial charge in [0, 0.05) is 0 Å². The van der Waals surface area contributed by atoms with Crippen LogP contribution in [0.4, 0.5) is 4.39 Å². The highest BCUT2D eigenvalue weighted by atomic mass is 19.1. The van der Waals surface area contributed by atoms with Gasteiger partial charge < -0.3 is 9.47 Å². The van der Waals surface area contributed by atoms with Gasteiger partial charge in [-0.15, -0.1) is 0 Å². The quantitative estimate of drug-likeness (QED) is 0.500. The molecule has 8 heavy (non-hydrogen) atoms. The van der Waals surface area contributed by atoms with Crippen LogP contribution in [0.25, 0.3) is 0 Å². The van der Waals surface area contributed by atoms with E-state index in [1.807, 2.05) is 0 Å². The van der Waals surface area contributed by atoms with Crippen molar-refractivity contribution in [2.24, 2.45) is 0 Å². The highest BCUT2D eigenvalue weighted by Gasteiger charge is 1.83. The summed E-state index contributed by atoms with van der Waals surface area (Å²) in [5.74, 6) is 0. The molecule has 0 N–H and O–H groups in total. The summed E-state index contributed by atoms with van der Waals surface area (Å²) in [6.07, 6.45) is 0. The summed E-state index contributed by atoms with van der Waals surface area (Å²) in [5.41, 5.74) is 0. The SMILES string of the molecule is [CH2]OCCOCCF. The molecule has 0 fully saturated rings. The Morgan fingerprint density at radius 1 is 1.25 bits per heavy atom. The fourth-order valence-corrected chi connectivity index (χ4v) is 0.274. The Labute approximate surface area is 48.6 Å². The zero-order valence-corrected chi connectivity index (χ0v) is 4.73. The summed E-state index contributed by atoms with van der Waals surface area (Å²) >= 11 is 0. The Hall–Kier alpha value is -0.150. The summed E-state index contributed by atoms with van der Waals surface area (Å²) in [6.45, 7) is 0.577. The highest BCUT2D eigenvalue weighted by molar-refractivity contribution is 4.27. The molecule has 0 saturated carbocycles. The van der Waals surface area contributed by atoms with Crippen molar-refractivity contribution >= 4 is 0 Å². The third kappa shape index (κ3) is 5.85. The predicted octanol–water partition coefficient (Wildman–Crippen LogP) is 0.781. The van der Waals surface area contributed by atoms with Gasteiger partial charge in [0.1, 0.15) is 6.67 Å². The molecule has 0 aliphatic carbocycles. The van der Waals surface area contributed by atoms with E-state index in [1.165, 1.54) is 0 Å². The monoisotopic (exact) mass is 121 g/mol. The number of hydrogen-bond donors (Lipinski definition) is 0. The van der Waals surface area contributed by atoms with Crippen LogP contribution < -0.4 is 0 Å². The smallest absolute Gasteiger partial charge is 0.113 e. The normalized spacial score (nSPS) is 9.75. The molecule has 0 saturated heterocycles. The van der Waals surface area contributed by atoms with Crippen LogP contribution in [0.15, 0.2) is 0 Å². The minimum atomic E-state index is -0.433. The molecule has 0 bridgehead atoms. The maximum atomic E-state index is 11.2. The van der Waals surface area contributed by atoms with Crippen LogP contribution in [-0.4, -0.2) is 26.5 Å². The van der Waals surface area contributed by atoms with Crippen molar-refractivity contribution in [1.29, 1.82) is 0 Å². The lowest BCUT2D eigenvalue weighted by atomic mass is 10.7. The first-order valence-electron chi connectivity index (χ1n) is 2.42. The Morgan fingerprint density at radius 2 is 2.00 bits per heavy atom. The second-order valence-corrected chi connectivity index (χ2v) is 1.21. The molecule has 1 radical (unpaired) electrons. The van der Waals surface area contributed by atoms with Crippen LogP contribution in [0.2, 0.25) is 0 Å². The van der Waals surface area contributed by atoms with E-state index in [0.29, 0.717) is 13.2 Å². The number of rotatable bonds is 5. The van der Waals surface area contributed by atoms with Crippen molar-refractivity contribution < 1.29 is 13.9 Å². The van der Waals surface area contributed by atoms with Crippen LogP contribution >= 0.6 is 0 Å². The van der Waals surface area contributed by atoms with E-state index >= 15 is 0 Å². The maximum Gasteiger partial charge on any atom is 0.113 e. The average Bonchev–Trinajstić information content (AvgIpc) is 1.81. The van der Waals surface area contributed by atoms with Crippen LogP contribution in [0.3, 0.4) is 0 Å². The molecule has 0 amide bonds. The summed E-state index contributed by atoms with van der Waals surface area (Å²) in [5, 5.41) is 0. The zero-order chi connectivity index (χ0) is 6.24. The summed E-state index contributed by atoms with van der Waals surface area (Å²) in [6, 6.07) is 0. The number of hydrogen-bond acceptors (Lipinski definition) is 2. The van der Waals surface area contributed by atoms with E-state index in [0.717, 1.165) is 0 Å². The second-order valence-electron chi connectivity index (χ2n) is 1.21. The van der Waals surface area contributed by atoms with Gasteiger partial charge in [0.25, 0.3) is 0 Å². The Kier molecular flexibility index (Phi) is 6.72. The molecular formula is C5H10FO2. The molecule has 0 atom stereocenters. The standard InChI is InChI=1S/C5H10FO2/c1-7-4-5-8-3-2-6/h1-5H2. The third-order valence-electron chi connectivity index (χ3n) is 0.593. The van der Waals surface area contributed by atoms with Gasteiger partial charge >= 0.3 is 0 Å². The molecule has 0 spiro atoms. The molecular weight excluding hydrogens is 111 g/mol. The fraction of sp³-hybridized carbons (Fsp3) is 0.800. The van der Waals surface area contributed by atoms with Gasteiger partial charge in [0.15, 0.2) is 0 Å². The van der Waals surface area contributed by atoms with Crippen LogP contribution in [0.1, 0.15) is 0 Å². The minimum absolute atomic E-state index is 0.156. The van der Waals surface area contributed by atoms with E-state index in [2.05, 4.69) is 16.6 Å². The molecule has 49 valence electrons. The van der Waals surface area contributed by atoms with Gasteiger partial charge in [0.05, 0.1) is 26.9 Å². The Bertz CT molecular complexity index is 35.4. The number of ether oxygens (including phenoxy) is 2. The summed E-state index contributed by atoms with van der Waals surface area (Å²) in [7, 11) is 3.11. The van der Waals surface area contributed by atoms with Gasteiger partial charge in [-0.1, -0.05) is 0 Å². The second kappa shape index (κ2) is 6.85. The van der Waals surface area contributed by atoms with Gasteiger partial charge in [0.2, 0.25) is 0 Å². The first kappa shape index (κ1) is 7.85. The predicted molar refractivity (Wildman–Crippen MR) is 28.1 cm³/mol. The van der Waals surface area contributed by atoms with Crippen LogP contribution in [0.5, 0.6) is 0 Å². The van der Waals surface area contributed by atoms with Crippen LogP contribution in [0, 0.1) is 7.11 Å². The molecule has 0 aliphatic heterocycles. The van der Waals surface area contributed by atoms with Crippen molar-refractivity contribution in [3.63, 3.8) is 0 Å². The Morgan fingerprint density at radius 3 is 2.50 bits per heavy atom. The molecule has 0 aromatic carbocycles. The van der Waals surface area contributed by atoms with Crippen molar-refractivity contribution in [3.8, 4) is 0 Å². The maximum absolute atomic E-state index is 11.2. The lowest BCUT2D eigenvalue weighted by Crippen LogP contribution is -2.02. The molecule has 2 nitrogen and oxygen atoms in total. The lowest BCUT2D eigenvalue weighted by molar-refractivity contribution is 0.0745. The van der Waals surface area contributed by atoms with E-state index in [4.69, 9.17) is 0 Å². The first-order chi connectivity index (χ1) is 3.91. The van der Waals surface area contributed by atoms with Crippen molar-refractivity contribution in [2.75, 3.05) is 26.5 Å². The molecule has 0 aromatic rings. The summed E-state index contributed by atoms with van der Waals surface area (Å²) < 4.78 is 20.3. The number of alkyl halides is 1. The van der Waals surface area contributed by atoms with E-state index in [-0.39, 0.29) is 6.61 Å². The third-order valence-corrected chi connectivity index (χ3v) is 0.593. The Balaban J connectivity index is 2.53. The molecule has 0 aromatic heterocycles. The molecule has 0 heterocycles. The zero-order valence-electron chi connectivity index (χ0n) is 4.73. The van der Waals surface area contributed by atoms with Gasteiger partial charge in [-0.25, -0.2) is 4.39 Å². The van der Waals surface area contributed by atoms with Crippen molar-refractivity contribution in [3.05, 3.63) is 7.11 Å². The first-order valence-corrected chi connectivity index (χ1v) is 2.42. The van der Waals surface area contributed by atoms with Crippen molar-refractivity contribution in [1.82, 2.24) is 0 Å². The van der Waals surface area contributed by atoms with E-state index in [1.54, 1.807) is 0 Å². The highest BCUT2D eigenvalue weighted by Crippen LogP contribution is 1.76. The molecule has 3 heteroatoms. The molecule has 0 unspecified atom stereocenters. The van der Waals surface area contributed by atoms with Crippen molar-refractivity contribution in [2.45, 2.75) is 0 Å². The van der Waals surface area contributed by atoms with Gasteiger partial charge in [-0.3, -0.25) is 0 Å². The lowest BCUT2D eigenvalue weighted by Gasteiger charge is -1.97. The minimum Gasteiger partial charge on any atom is -0.377 e. The molecule has 0 aliphatic rings. The van der Waals surface area contributed by atoms with E-state index < -0.39 is 6.67 Å². The van der Waals surface area contributed by atoms with Gasteiger partial charge in [-0.05, 0) is 0 Å². The molecule has 0 rings (SSSR count). The number of halogens is 1. The summed E-state index contributed by atoms with van der Waals surface area (Å²) in [4.78, 5) is 0. The van der Waals surface area contributed by atoms with Crippen LogP contribution in [-0.2, 0) is 9.47 Å².